The average Bonchev–Trinajstić information content (AvgIpc) is 2.80. The first-order valence-corrected chi connectivity index (χ1v) is 9.89. The molecular formula is C25H19N3O6. The van der Waals surface area contributed by atoms with E-state index < -0.39 is 35.0 Å². The fraction of sp³-hybridized carbons (Fsp3) is 0.0800. The molecule has 2 N–H and O–H groups in total. The van der Waals surface area contributed by atoms with Gasteiger partial charge in [0.25, 0.3) is 17.5 Å². The van der Waals surface area contributed by atoms with Crippen LogP contribution in [0.2, 0.25) is 0 Å². The summed E-state index contributed by atoms with van der Waals surface area (Å²) in [5.74, 6) is -4.99. The minimum atomic E-state index is -1.60. The molecule has 170 valence electrons. The Kier molecular flexibility index (Phi) is 6.73. The molecule has 0 spiro atoms. The molecular weight excluding hydrogens is 438 g/mol. The standard InChI is InChI=1S/C25H19N3O6/c1-26-21-20(25(33)34)19(9-4-6-15-10-12-17(13-11-15)27(2)3)22(29)28(23(21)30)18-8-5-7-16(14-18)24(31)32/h4-14H,2-3H3,(H,31,32)(H,33,34). The van der Waals surface area contributed by atoms with Crippen LogP contribution in [-0.4, -0.2) is 48.1 Å². The fourth-order valence-electron chi connectivity index (χ4n) is 3.29. The van der Waals surface area contributed by atoms with Gasteiger partial charge in [-0.1, -0.05) is 30.4 Å². The highest BCUT2D eigenvalue weighted by atomic mass is 16.4. The van der Waals surface area contributed by atoms with Gasteiger partial charge in [-0.25, -0.2) is 14.4 Å². The fourth-order valence-corrected chi connectivity index (χ4v) is 3.29. The van der Waals surface area contributed by atoms with Gasteiger partial charge in [0.1, 0.15) is 0 Å². The molecule has 0 radical (unpaired) electrons. The minimum Gasteiger partial charge on any atom is -0.479 e. The lowest BCUT2D eigenvalue weighted by molar-refractivity contribution is -0.134. The Hall–Kier alpha value is -4.97. The van der Waals surface area contributed by atoms with Crippen LogP contribution in [0.25, 0.3) is 10.9 Å². The molecule has 0 aliphatic carbocycles. The second kappa shape index (κ2) is 9.67. The maximum absolute atomic E-state index is 13.2. The van der Waals surface area contributed by atoms with Gasteiger partial charge in [0, 0.05) is 25.4 Å². The van der Waals surface area contributed by atoms with E-state index in [9.17, 15) is 29.4 Å². The highest BCUT2D eigenvalue weighted by Crippen LogP contribution is 2.31. The molecule has 9 heteroatoms. The Bertz CT molecular complexity index is 1330. The third kappa shape index (κ3) is 4.61. The van der Waals surface area contributed by atoms with Gasteiger partial charge < -0.3 is 15.1 Å². The zero-order chi connectivity index (χ0) is 25.0. The van der Waals surface area contributed by atoms with Crippen molar-refractivity contribution < 1.29 is 29.4 Å². The number of aromatic carboxylic acids is 1. The molecule has 1 aliphatic heterocycles. The topological polar surface area (TPSA) is 120 Å². The first-order chi connectivity index (χ1) is 16.1. The van der Waals surface area contributed by atoms with Crippen LogP contribution in [0.1, 0.15) is 15.9 Å². The molecule has 0 bridgehead atoms. The Labute approximate surface area is 195 Å². The SMILES string of the molecule is [C-]#[N+]C1=C(C(=O)O)C(=CC=Cc2ccc(N(C)C)cc2)C(=O)N(c2cccc(C(=O)O)c2)C1=O. The molecule has 9 nitrogen and oxygen atoms in total. The maximum atomic E-state index is 13.2. The number of aliphatic carboxylic acids is 1. The van der Waals surface area contributed by atoms with E-state index in [1.54, 1.807) is 6.08 Å². The predicted molar refractivity (Wildman–Crippen MR) is 125 cm³/mol. The Morgan fingerprint density at radius 1 is 1.00 bits per heavy atom. The molecule has 2 amide bonds. The number of amides is 2. The van der Waals surface area contributed by atoms with Gasteiger partial charge >= 0.3 is 11.9 Å². The predicted octanol–water partition coefficient (Wildman–Crippen LogP) is 3.22. The molecule has 1 aliphatic rings. The maximum Gasteiger partial charge on any atom is 0.335 e. The summed E-state index contributed by atoms with van der Waals surface area (Å²) in [6, 6.07) is 12.5. The van der Waals surface area contributed by atoms with Gasteiger partial charge in [0.05, 0.1) is 23.4 Å². The zero-order valence-electron chi connectivity index (χ0n) is 18.2. The molecule has 34 heavy (non-hydrogen) atoms. The van der Waals surface area contributed by atoms with Gasteiger partial charge in [0.15, 0.2) is 0 Å². The third-order valence-corrected chi connectivity index (χ3v) is 4.98. The van der Waals surface area contributed by atoms with E-state index in [0.29, 0.717) is 4.90 Å². The van der Waals surface area contributed by atoms with Crippen LogP contribution in [0, 0.1) is 6.57 Å². The molecule has 3 rings (SSSR count). The molecule has 0 saturated carbocycles. The van der Waals surface area contributed by atoms with Crippen LogP contribution in [0.3, 0.4) is 0 Å². The second-order valence-electron chi connectivity index (χ2n) is 7.37. The number of anilines is 2. The molecule has 1 heterocycles. The molecule has 2 aromatic carbocycles. The van der Waals surface area contributed by atoms with Crippen LogP contribution in [-0.2, 0) is 14.4 Å². The second-order valence-corrected chi connectivity index (χ2v) is 7.37. The van der Waals surface area contributed by atoms with Gasteiger partial charge in [-0.15, -0.1) is 0 Å². The summed E-state index contributed by atoms with van der Waals surface area (Å²) in [5.41, 5.74) is -0.338. The van der Waals surface area contributed by atoms with Crippen molar-refractivity contribution in [2.24, 2.45) is 0 Å². The van der Waals surface area contributed by atoms with Crippen LogP contribution in [0.5, 0.6) is 0 Å². The summed E-state index contributed by atoms with van der Waals surface area (Å²) in [5, 5.41) is 18.9. The van der Waals surface area contributed by atoms with Crippen molar-refractivity contribution >= 4 is 41.2 Å². The smallest absolute Gasteiger partial charge is 0.335 e. The van der Waals surface area contributed by atoms with E-state index >= 15 is 0 Å². The zero-order valence-corrected chi connectivity index (χ0v) is 18.2. The van der Waals surface area contributed by atoms with Crippen molar-refractivity contribution in [2.75, 3.05) is 23.9 Å². The largest absolute Gasteiger partial charge is 0.479 e. The number of imide groups is 1. The number of allylic oxidation sites excluding steroid dienone is 2. The first-order valence-electron chi connectivity index (χ1n) is 9.89. The Morgan fingerprint density at radius 3 is 2.24 bits per heavy atom. The van der Waals surface area contributed by atoms with E-state index in [1.165, 1.54) is 30.4 Å². The summed E-state index contributed by atoms with van der Waals surface area (Å²) in [4.78, 5) is 54.9. The van der Waals surface area contributed by atoms with Crippen molar-refractivity contribution in [1.29, 1.82) is 0 Å². The minimum absolute atomic E-state index is 0.0883. The normalized spacial score (nSPS) is 15.1. The third-order valence-electron chi connectivity index (χ3n) is 4.98. The highest BCUT2D eigenvalue weighted by molar-refractivity contribution is 6.34. The van der Waals surface area contributed by atoms with Crippen molar-refractivity contribution in [2.45, 2.75) is 0 Å². The van der Waals surface area contributed by atoms with Crippen LogP contribution >= 0.6 is 0 Å². The molecule has 2 aromatic rings. The van der Waals surface area contributed by atoms with E-state index in [0.717, 1.165) is 17.3 Å². The number of benzene rings is 2. The summed E-state index contributed by atoms with van der Waals surface area (Å²) < 4.78 is 0. The van der Waals surface area contributed by atoms with Gasteiger partial charge in [0.2, 0.25) is 0 Å². The summed E-state index contributed by atoms with van der Waals surface area (Å²) in [6.07, 6.45) is 4.31. The van der Waals surface area contributed by atoms with Crippen LogP contribution in [0.15, 0.2) is 77.5 Å². The molecule has 0 atom stereocenters. The lowest BCUT2D eigenvalue weighted by Gasteiger charge is -2.27. The summed E-state index contributed by atoms with van der Waals surface area (Å²) in [7, 11) is 3.80. The quantitative estimate of drug-likeness (QED) is 0.388. The van der Waals surface area contributed by atoms with Crippen molar-refractivity contribution in [3.8, 4) is 0 Å². The van der Waals surface area contributed by atoms with E-state index in [4.69, 9.17) is 6.57 Å². The Balaban J connectivity index is 2.09. The lowest BCUT2D eigenvalue weighted by Crippen LogP contribution is -2.44. The van der Waals surface area contributed by atoms with Crippen molar-refractivity contribution in [3.05, 3.63) is 100 Å². The number of hydrogen-bond donors (Lipinski definition) is 2. The van der Waals surface area contributed by atoms with Crippen LogP contribution in [0.4, 0.5) is 11.4 Å². The van der Waals surface area contributed by atoms with Crippen molar-refractivity contribution in [1.82, 2.24) is 0 Å². The molecule has 0 fully saturated rings. The highest BCUT2D eigenvalue weighted by Gasteiger charge is 2.41. The first kappa shape index (κ1) is 23.7. The summed E-state index contributed by atoms with van der Waals surface area (Å²) >= 11 is 0. The van der Waals surface area contributed by atoms with Crippen LogP contribution < -0.4 is 9.80 Å². The van der Waals surface area contributed by atoms with E-state index in [-0.39, 0.29) is 16.8 Å². The number of carboxylic acids is 2. The average molecular weight is 457 g/mol. The molecule has 0 unspecified atom stereocenters. The lowest BCUT2D eigenvalue weighted by atomic mass is 9.96. The molecule has 0 saturated heterocycles. The number of carbonyl (C=O) groups excluding carboxylic acids is 2. The molecule has 0 aromatic heterocycles. The van der Waals surface area contributed by atoms with Gasteiger partial charge in [-0.3, -0.25) is 14.5 Å². The van der Waals surface area contributed by atoms with E-state index in [1.807, 2.05) is 43.3 Å². The number of carboxylic acid groups (broad SMARTS) is 2. The van der Waals surface area contributed by atoms with E-state index in [2.05, 4.69) is 4.85 Å². The van der Waals surface area contributed by atoms with Gasteiger partial charge in [-0.05, 0) is 42.0 Å². The number of rotatable bonds is 6. The summed E-state index contributed by atoms with van der Waals surface area (Å²) in [6.45, 7) is 7.34. The van der Waals surface area contributed by atoms with Gasteiger partial charge in [-0.2, -0.15) is 0 Å². The Morgan fingerprint density at radius 2 is 1.68 bits per heavy atom. The number of hydrogen-bond acceptors (Lipinski definition) is 5. The number of nitrogens with zero attached hydrogens (tertiary/aromatic N) is 3. The number of carbonyl (C=O) groups is 4. The monoisotopic (exact) mass is 457 g/mol. The van der Waals surface area contributed by atoms with Crippen molar-refractivity contribution in [3.63, 3.8) is 0 Å².